The molecule has 1 aliphatic rings. The lowest BCUT2D eigenvalue weighted by Crippen LogP contribution is -2.36. The first-order chi connectivity index (χ1) is 11.1. The van der Waals surface area contributed by atoms with E-state index >= 15 is 0 Å². The zero-order valence-corrected chi connectivity index (χ0v) is 13.4. The van der Waals surface area contributed by atoms with Gasteiger partial charge in [-0.3, -0.25) is 0 Å². The fraction of sp³-hybridized carbons (Fsp3) is 0.375. The monoisotopic (exact) mass is 314 g/mol. The van der Waals surface area contributed by atoms with Crippen LogP contribution in [0.5, 0.6) is 5.88 Å². The quantitative estimate of drug-likeness (QED) is 0.843. The number of carbonyl (C=O) groups excluding carboxylic acids is 1. The number of fused-ring (bicyclic) bond motifs is 1. The van der Waals surface area contributed by atoms with E-state index in [9.17, 15) is 4.79 Å². The van der Waals surface area contributed by atoms with E-state index in [0.29, 0.717) is 36.9 Å². The van der Waals surface area contributed by atoms with E-state index in [0.717, 1.165) is 17.0 Å². The van der Waals surface area contributed by atoms with Crippen molar-refractivity contribution in [1.82, 2.24) is 19.9 Å². The van der Waals surface area contributed by atoms with Gasteiger partial charge < -0.3 is 14.4 Å². The van der Waals surface area contributed by atoms with Crippen LogP contribution in [0, 0.1) is 6.92 Å². The average molecular weight is 314 g/mol. The molecule has 2 aromatic rings. The highest BCUT2D eigenvalue weighted by Gasteiger charge is 2.26. The van der Waals surface area contributed by atoms with Gasteiger partial charge in [0.2, 0.25) is 5.88 Å². The molecule has 0 N–H and O–H groups in total. The number of nitrogens with zero attached hydrogens (tertiary/aromatic N) is 4. The van der Waals surface area contributed by atoms with Crippen molar-refractivity contribution in [2.45, 2.75) is 19.9 Å². The molecule has 3 rings (SSSR count). The molecule has 0 saturated carbocycles. The van der Waals surface area contributed by atoms with Crippen LogP contribution in [0.2, 0.25) is 0 Å². The van der Waals surface area contributed by atoms with Gasteiger partial charge in [-0.1, -0.05) is 6.07 Å². The molecule has 1 aliphatic heterocycles. The molecule has 0 atom stereocenters. The van der Waals surface area contributed by atoms with Crippen molar-refractivity contribution in [3.63, 3.8) is 0 Å². The number of hydrogen-bond acceptors (Lipinski definition) is 6. The minimum atomic E-state index is -0.358. The van der Waals surface area contributed by atoms with Crippen molar-refractivity contribution in [3.8, 4) is 17.4 Å². The zero-order chi connectivity index (χ0) is 16.4. The third kappa shape index (κ3) is 2.94. The summed E-state index contributed by atoms with van der Waals surface area (Å²) in [7, 11) is 2.96. The van der Waals surface area contributed by atoms with E-state index in [4.69, 9.17) is 9.47 Å². The highest BCUT2D eigenvalue weighted by atomic mass is 16.5. The lowest BCUT2D eigenvalue weighted by Gasteiger charge is -2.27. The Kier molecular flexibility index (Phi) is 4.10. The van der Waals surface area contributed by atoms with Crippen LogP contribution in [0.15, 0.2) is 18.2 Å². The Morgan fingerprint density at radius 2 is 2.04 bits per heavy atom. The first-order valence-corrected chi connectivity index (χ1v) is 7.33. The van der Waals surface area contributed by atoms with Crippen LogP contribution in [0.3, 0.4) is 0 Å². The highest BCUT2D eigenvalue weighted by molar-refractivity contribution is 5.68. The summed E-state index contributed by atoms with van der Waals surface area (Å²) in [5.74, 6) is 1.04. The smallest absolute Gasteiger partial charge is 0.409 e. The molecule has 120 valence electrons. The van der Waals surface area contributed by atoms with Crippen LogP contribution in [0.25, 0.3) is 11.5 Å². The number of amides is 1. The third-order valence-electron chi connectivity index (χ3n) is 3.77. The Hall–Kier alpha value is -2.70. The first-order valence-electron chi connectivity index (χ1n) is 7.33. The van der Waals surface area contributed by atoms with E-state index in [1.807, 2.05) is 25.1 Å². The lowest BCUT2D eigenvalue weighted by atomic mass is 10.1. The van der Waals surface area contributed by atoms with E-state index in [-0.39, 0.29) is 6.09 Å². The highest BCUT2D eigenvalue weighted by Crippen LogP contribution is 2.28. The lowest BCUT2D eigenvalue weighted by molar-refractivity contribution is 0.117. The van der Waals surface area contributed by atoms with E-state index in [1.165, 1.54) is 7.11 Å². The molecule has 0 aromatic carbocycles. The van der Waals surface area contributed by atoms with Gasteiger partial charge in [-0.2, -0.15) is 4.98 Å². The minimum absolute atomic E-state index is 0.358. The first kappa shape index (κ1) is 15.2. The van der Waals surface area contributed by atoms with Gasteiger partial charge >= 0.3 is 6.09 Å². The van der Waals surface area contributed by atoms with Crippen molar-refractivity contribution in [2.24, 2.45) is 0 Å². The second-order valence-corrected chi connectivity index (χ2v) is 5.29. The Balaban J connectivity index is 2.03. The van der Waals surface area contributed by atoms with E-state index in [2.05, 4.69) is 15.0 Å². The number of ether oxygens (including phenoxy) is 2. The maximum absolute atomic E-state index is 11.7. The summed E-state index contributed by atoms with van der Waals surface area (Å²) in [6.07, 6.45) is 0.276. The number of pyridine rings is 1. The molecule has 23 heavy (non-hydrogen) atoms. The molecule has 0 aliphatic carbocycles. The Morgan fingerprint density at radius 3 is 2.74 bits per heavy atom. The number of aromatic nitrogens is 3. The maximum Gasteiger partial charge on any atom is 0.409 e. The van der Waals surface area contributed by atoms with Crippen LogP contribution in [-0.4, -0.2) is 46.7 Å². The van der Waals surface area contributed by atoms with Crippen LogP contribution in [0.1, 0.15) is 17.0 Å². The van der Waals surface area contributed by atoms with Gasteiger partial charge in [0.05, 0.1) is 26.5 Å². The van der Waals surface area contributed by atoms with Gasteiger partial charge in [-0.15, -0.1) is 0 Å². The largest absolute Gasteiger partial charge is 0.481 e. The normalized spacial score (nSPS) is 13.4. The van der Waals surface area contributed by atoms with Gasteiger partial charge in [-0.25, -0.2) is 14.8 Å². The predicted molar refractivity (Wildman–Crippen MR) is 83.1 cm³/mol. The molecule has 0 unspecified atom stereocenters. The van der Waals surface area contributed by atoms with Crippen LogP contribution in [0.4, 0.5) is 4.79 Å². The SMILES string of the molecule is COC(=O)N1CCc2c(nc(-c3cccc(C)n3)nc2OC)C1. The van der Waals surface area contributed by atoms with E-state index in [1.54, 1.807) is 12.0 Å². The molecule has 3 heterocycles. The summed E-state index contributed by atoms with van der Waals surface area (Å²) >= 11 is 0. The predicted octanol–water partition coefficient (Wildman–Crippen LogP) is 1.98. The fourth-order valence-electron chi connectivity index (χ4n) is 2.63. The topological polar surface area (TPSA) is 77.4 Å². The van der Waals surface area contributed by atoms with Crippen LogP contribution in [-0.2, 0) is 17.7 Å². The van der Waals surface area contributed by atoms with Crippen LogP contribution < -0.4 is 4.74 Å². The second kappa shape index (κ2) is 6.20. The molecule has 2 aromatic heterocycles. The van der Waals surface area contributed by atoms with Crippen molar-refractivity contribution >= 4 is 6.09 Å². The summed E-state index contributed by atoms with van der Waals surface area (Å²) in [5, 5.41) is 0. The molecular formula is C16H18N4O3. The summed E-state index contributed by atoms with van der Waals surface area (Å²) in [4.78, 5) is 26.9. The summed E-state index contributed by atoms with van der Waals surface area (Å²) in [6.45, 7) is 2.85. The number of carbonyl (C=O) groups is 1. The van der Waals surface area contributed by atoms with Crippen molar-refractivity contribution < 1.29 is 14.3 Å². The molecule has 0 fully saturated rings. The number of rotatable bonds is 2. The Bertz CT molecular complexity index is 748. The van der Waals surface area contributed by atoms with Gasteiger partial charge in [0.25, 0.3) is 0 Å². The molecule has 1 amide bonds. The van der Waals surface area contributed by atoms with Crippen LogP contribution >= 0.6 is 0 Å². The Labute approximate surface area is 134 Å². The van der Waals surface area contributed by atoms with Crippen molar-refractivity contribution in [3.05, 3.63) is 35.2 Å². The number of hydrogen-bond donors (Lipinski definition) is 0. The van der Waals surface area contributed by atoms with Crippen molar-refractivity contribution in [2.75, 3.05) is 20.8 Å². The van der Waals surface area contributed by atoms with Gasteiger partial charge in [0.15, 0.2) is 5.82 Å². The molecular weight excluding hydrogens is 296 g/mol. The van der Waals surface area contributed by atoms with E-state index < -0.39 is 0 Å². The summed E-state index contributed by atoms with van der Waals surface area (Å²) in [5.41, 5.74) is 3.27. The molecule has 0 spiro atoms. The standard InChI is InChI=1S/C16H18N4O3/c1-10-5-4-6-12(17-10)14-18-13-9-20(16(21)23-3)8-7-11(13)15(19-14)22-2/h4-6H,7-9H2,1-3H3. The molecule has 7 heteroatoms. The molecule has 7 nitrogen and oxygen atoms in total. The van der Waals surface area contributed by atoms with Gasteiger partial charge in [-0.05, 0) is 25.5 Å². The third-order valence-corrected chi connectivity index (χ3v) is 3.77. The maximum atomic E-state index is 11.7. The second-order valence-electron chi connectivity index (χ2n) is 5.29. The molecule has 0 bridgehead atoms. The minimum Gasteiger partial charge on any atom is -0.481 e. The number of methoxy groups -OCH3 is 2. The Morgan fingerprint density at radius 1 is 1.22 bits per heavy atom. The number of aryl methyl sites for hydroxylation is 1. The average Bonchev–Trinajstić information content (AvgIpc) is 2.59. The summed E-state index contributed by atoms with van der Waals surface area (Å²) < 4.78 is 10.2. The van der Waals surface area contributed by atoms with Gasteiger partial charge in [0.1, 0.15) is 5.69 Å². The summed E-state index contributed by atoms with van der Waals surface area (Å²) in [6, 6.07) is 5.68. The van der Waals surface area contributed by atoms with Crippen molar-refractivity contribution in [1.29, 1.82) is 0 Å². The molecule has 0 saturated heterocycles. The fourth-order valence-corrected chi connectivity index (χ4v) is 2.63. The molecule has 0 radical (unpaired) electrons. The van der Waals surface area contributed by atoms with Gasteiger partial charge in [0, 0.05) is 17.8 Å². The zero-order valence-electron chi connectivity index (χ0n) is 13.4.